The molecule has 1 amide bonds. The van der Waals surface area contributed by atoms with Gasteiger partial charge in [0.2, 0.25) is 0 Å². The SMILES string of the molecule is N#Cc1ccc2c(c1)C(=O)N([C@H]1CCOC[C@@H]1c1ccccc1)C2. The van der Waals surface area contributed by atoms with Gasteiger partial charge in [-0.3, -0.25) is 4.79 Å². The number of fused-ring (bicyclic) bond motifs is 1. The van der Waals surface area contributed by atoms with Gasteiger partial charge in [-0.25, -0.2) is 0 Å². The van der Waals surface area contributed by atoms with Crippen molar-refractivity contribution in [1.82, 2.24) is 4.90 Å². The molecule has 0 aliphatic carbocycles. The standard InChI is InChI=1S/C20H18N2O2/c21-11-14-6-7-16-12-22(20(23)17(16)10-14)19-8-9-24-13-18(19)15-4-2-1-3-5-15/h1-7,10,18-19H,8-9,12-13H2/t18-,19+/m1/s1. The zero-order valence-corrected chi connectivity index (χ0v) is 13.3. The van der Waals surface area contributed by atoms with Crippen molar-refractivity contribution in [1.29, 1.82) is 5.26 Å². The number of ether oxygens (including phenoxy) is 1. The first-order valence-electron chi connectivity index (χ1n) is 8.24. The molecular formula is C20H18N2O2. The predicted molar refractivity (Wildman–Crippen MR) is 89.4 cm³/mol. The Balaban J connectivity index is 1.65. The zero-order chi connectivity index (χ0) is 16.5. The third-order valence-corrected chi connectivity index (χ3v) is 5.02. The molecule has 1 fully saturated rings. The number of hydrogen-bond donors (Lipinski definition) is 0. The van der Waals surface area contributed by atoms with E-state index in [1.807, 2.05) is 29.2 Å². The molecule has 2 aliphatic heterocycles. The van der Waals surface area contributed by atoms with Crippen LogP contribution in [-0.4, -0.2) is 30.1 Å². The minimum Gasteiger partial charge on any atom is -0.381 e. The Labute approximate surface area is 141 Å². The van der Waals surface area contributed by atoms with E-state index >= 15 is 0 Å². The van der Waals surface area contributed by atoms with Gasteiger partial charge in [0.15, 0.2) is 0 Å². The van der Waals surface area contributed by atoms with Crippen LogP contribution in [0, 0.1) is 11.3 Å². The Bertz CT molecular complexity index is 810. The molecule has 0 unspecified atom stereocenters. The van der Waals surface area contributed by atoms with Gasteiger partial charge >= 0.3 is 0 Å². The Morgan fingerprint density at radius 2 is 2.00 bits per heavy atom. The molecule has 120 valence electrons. The summed E-state index contributed by atoms with van der Waals surface area (Å²) in [5, 5.41) is 9.07. The van der Waals surface area contributed by atoms with Crippen molar-refractivity contribution < 1.29 is 9.53 Å². The third-order valence-electron chi connectivity index (χ3n) is 5.02. The van der Waals surface area contributed by atoms with E-state index in [4.69, 9.17) is 10.00 Å². The Kier molecular flexibility index (Phi) is 3.79. The topological polar surface area (TPSA) is 53.3 Å². The third kappa shape index (κ3) is 2.47. The number of nitriles is 1. The summed E-state index contributed by atoms with van der Waals surface area (Å²) < 4.78 is 5.69. The van der Waals surface area contributed by atoms with Crippen LogP contribution in [0.5, 0.6) is 0 Å². The summed E-state index contributed by atoms with van der Waals surface area (Å²) in [5.41, 5.74) is 3.43. The molecule has 0 spiro atoms. The van der Waals surface area contributed by atoms with E-state index in [0.717, 1.165) is 12.0 Å². The van der Waals surface area contributed by atoms with Crippen LogP contribution in [0.3, 0.4) is 0 Å². The molecule has 1 saturated heterocycles. The van der Waals surface area contributed by atoms with E-state index in [2.05, 4.69) is 18.2 Å². The minimum atomic E-state index is 0.0370. The average Bonchev–Trinajstić information content (AvgIpc) is 2.98. The van der Waals surface area contributed by atoms with Crippen LogP contribution >= 0.6 is 0 Å². The van der Waals surface area contributed by atoms with Crippen molar-refractivity contribution in [2.75, 3.05) is 13.2 Å². The highest BCUT2D eigenvalue weighted by Gasteiger charge is 2.38. The fraction of sp³-hybridized carbons (Fsp3) is 0.300. The summed E-state index contributed by atoms with van der Waals surface area (Å²) >= 11 is 0. The zero-order valence-electron chi connectivity index (χ0n) is 13.3. The second-order valence-corrected chi connectivity index (χ2v) is 6.36. The van der Waals surface area contributed by atoms with Gasteiger partial charge in [-0.2, -0.15) is 5.26 Å². The van der Waals surface area contributed by atoms with E-state index in [1.165, 1.54) is 5.56 Å². The molecule has 0 N–H and O–H groups in total. The number of benzene rings is 2. The van der Waals surface area contributed by atoms with Gasteiger partial charge in [0, 0.05) is 30.7 Å². The largest absolute Gasteiger partial charge is 0.381 e. The van der Waals surface area contributed by atoms with Crippen molar-refractivity contribution in [2.24, 2.45) is 0 Å². The highest BCUT2D eigenvalue weighted by molar-refractivity contribution is 5.99. The molecule has 0 bridgehead atoms. The lowest BCUT2D eigenvalue weighted by Gasteiger charge is -2.38. The van der Waals surface area contributed by atoms with Crippen LogP contribution in [0.25, 0.3) is 0 Å². The molecule has 0 radical (unpaired) electrons. The van der Waals surface area contributed by atoms with Crippen LogP contribution in [0.4, 0.5) is 0 Å². The van der Waals surface area contributed by atoms with E-state index in [0.29, 0.717) is 30.9 Å². The minimum absolute atomic E-state index is 0.0370. The number of nitrogens with zero attached hydrogens (tertiary/aromatic N) is 2. The molecule has 0 saturated carbocycles. The summed E-state index contributed by atoms with van der Waals surface area (Å²) in [4.78, 5) is 14.9. The quantitative estimate of drug-likeness (QED) is 0.855. The van der Waals surface area contributed by atoms with E-state index in [1.54, 1.807) is 12.1 Å². The molecule has 2 aliphatic rings. The highest BCUT2D eigenvalue weighted by Crippen LogP contribution is 2.35. The Morgan fingerprint density at radius 1 is 1.17 bits per heavy atom. The van der Waals surface area contributed by atoms with Crippen molar-refractivity contribution in [2.45, 2.75) is 24.9 Å². The Hall–Kier alpha value is -2.64. The summed E-state index contributed by atoms with van der Waals surface area (Å²) in [6.45, 7) is 1.93. The van der Waals surface area contributed by atoms with E-state index in [-0.39, 0.29) is 17.9 Å². The first kappa shape index (κ1) is 14.9. The number of rotatable bonds is 2. The fourth-order valence-electron chi connectivity index (χ4n) is 3.78. The summed E-state index contributed by atoms with van der Waals surface area (Å²) in [6, 6.07) is 17.9. The number of hydrogen-bond acceptors (Lipinski definition) is 3. The molecule has 24 heavy (non-hydrogen) atoms. The second kappa shape index (κ2) is 6.10. The van der Waals surface area contributed by atoms with Crippen molar-refractivity contribution in [3.05, 3.63) is 70.8 Å². The molecule has 2 atom stereocenters. The lowest BCUT2D eigenvalue weighted by atomic mass is 9.87. The predicted octanol–water partition coefficient (Wildman–Crippen LogP) is 3.09. The molecule has 4 rings (SSSR count). The van der Waals surface area contributed by atoms with Gasteiger partial charge in [0.1, 0.15) is 0 Å². The monoisotopic (exact) mass is 318 g/mol. The van der Waals surface area contributed by atoms with Gasteiger partial charge in [0.05, 0.1) is 18.2 Å². The second-order valence-electron chi connectivity index (χ2n) is 6.36. The highest BCUT2D eigenvalue weighted by atomic mass is 16.5. The maximum absolute atomic E-state index is 12.9. The normalized spacial score (nSPS) is 23.0. The molecule has 2 aromatic carbocycles. The Morgan fingerprint density at radius 3 is 2.79 bits per heavy atom. The molecular weight excluding hydrogens is 300 g/mol. The first-order chi connectivity index (χ1) is 11.8. The van der Waals surface area contributed by atoms with Crippen molar-refractivity contribution in [3.63, 3.8) is 0 Å². The first-order valence-corrected chi connectivity index (χ1v) is 8.24. The van der Waals surface area contributed by atoms with E-state index < -0.39 is 0 Å². The molecule has 4 nitrogen and oxygen atoms in total. The van der Waals surface area contributed by atoms with Gasteiger partial charge in [-0.15, -0.1) is 0 Å². The van der Waals surface area contributed by atoms with Crippen molar-refractivity contribution >= 4 is 5.91 Å². The number of carbonyl (C=O) groups excluding carboxylic acids is 1. The number of amides is 1. The van der Waals surface area contributed by atoms with Crippen LogP contribution in [0.15, 0.2) is 48.5 Å². The molecule has 0 aromatic heterocycles. The maximum Gasteiger partial charge on any atom is 0.254 e. The average molecular weight is 318 g/mol. The van der Waals surface area contributed by atoms with Crippen molar-refractivity contribution in [3.8, 4) is 6.07 Å². The van der Waals surface area contributed by atoms with Crippen LogP contribution in [0.1, 0.15) is 39.4 Å². The lowest BCUT2D eigenvalue weighted by Crippen LogP contribution is -2.44. The maximum atomic E-state index is 12.9. The molecule has 2 aromatic rings. The lowest BCUT2D eigenvalue weighted by molar-refractivity contribution is 0.0161. The van der Waals surface area contributed by atoms with Crippen LogP contribution in [0.2, 0.25) is 0 Å². The fourth-order valence-corrected chi connectivity index (χ4v) is 3.78. The van der Waals surface area contributed by atoms with Gasteiger partial charge in [-0.1, -0.05) is 36.4 Å². The van der Waals surface area contributed by atoms with Gasteiger partial charge in [-0.05, 0) is 29.7 Å². The van der Waals surface area contributed by atoms with Crippen LogP contribution in [-0.2, 0) is 11.3 Å². The summed E-state index contributed by atoms with van der Waals surface area (Å²) in [5.74, 6) is 0.226. The number of carbonyl (C=O) groups is 1. The van der Waals surface area contributed by atoms with Gasteiger partial charge < -0.3 is 9.64 Å². The summed E-state index contributed by atoms with van der Waals surface area (Å²) in [6.07, 6.45) is 0.838. The smallest absolute Gasteiger partial charge is 0.254 e. The summed E-state index contributed by atoms with van der Waals surface area (Å²) in [7, 11) is 0. The van der Waals surface area contributed by atoms with Gasteiger partial charge in [0.25, 0.3) is 5.91 Å². The molecule has 4 heteroatoms. The van der Waals surface area contributed by atoms with E-state index in [9.17, 15) is 4.79 Å². The van der Waals surface area contributed by atoms with Crippen LogP contribution < -0.4 is 0 Å². The molecule has 2 heterocycles.